The zero-order chi connectivity index (χ0) is 29.6. The van der Waals surface area contributed by atoms with Gasteiger partial charge in [-0.25, -0.2) is 9.83 Å². The van der Waals surface area contributed by atoms with Crippen LogP contribution in [-0.4, -0.2) is 16.2 Å². The number of pyridine rings is 1. The highest BCUT2D eigenvalue weighted by Gasteiger charge is 2.28. The van der Waals surface area contributed by atoms with E-state index in [2.05, 4.69) is 111 Å². The van der Waals surface area contributed by atoms with Gasteiger partial charge in [0.2, 0.25) is 0 Å². The van der Waals surface area contributed by atoms with E-state index in [0.29, 0.717) is 23.9 Å². The second-order valence-corrected chi connectivity index (χ2v) is 10.9. The van der Waals surface area contributed by atoms with Crippen LogP contribution in [0.15, 0.2) is 134 Å². The Hall–Kier alpha value is -6.06. The van der Waals surface area contributed by atoms with Crippen molar-refractivity contribution >= 4 is 50.2 Å². The lowest BCUT2D eigenvalue weighted by Crippen LogP contribution is -2.23. The molecule has 6 heteroatoms. The Bertz CT molecular complexity index is 2230. The minimum atomic E-state index is 0.521. The van der Waals surface area contributed by atoms with Crippen molar-refractivity contribution in [3.05, 3.63) is 151 Å². The second kappa shape index (κ2) is 10.3. The lowest BCUT2D eigenvalue weighted by molar-refractivity contribution is 0.483. The van der Waals surface area contributed by atoms with Crippen LogP contribution < -0.4 is 14.5 Å². The number of benzene rings is 5. The van der Waals surface area contributed by atoms with E-state index in [1.807, 2.05) is 42.6 Å². The van der Waals surface area contributed by atoms with E-state index >= 15 is 0 Å². The number of aromatic nitrogens is 2. The third kappa shape index (κ3) is 4.31. The molecular weight excluding hydrogens is 542 g/mol. The number of fused-ring (bicyclic) bond motifs is 4. The Morgan fingerprint density at radius 3 is 2.18 bits per heavy atom. The average molecular weight is 570 g/mol. The van der Waals surface area contributed by atoms with Gasteiger partial charge in [0.25, 0.3) is 0 Å². The number of hydrogen-bond donors (Lipinski definition) is 0. The molecule has 0 fully saturated rings. The molecule has 6 nitrogen and oxygen atoms in total. The standard InChI is InChI=1S/C38H27N5O/c1-26-18-19-40-38(20-26)43-34-13-7-6-12-32(34)33-17-16-30(24-37(33)43)44-31-22-27(39-2)21-29(23-31)42-25-41(28-10-4-3-5-11-28)35-14-8-9-15-36(35)42/h3-24H,25H2,1H3. The first-order valence-corrected chi connectivity index (χ1v) is 14.5. The minimum absolute atomic E-state index is 0.521. The molecule has 2 aromatic heterocycles. The molecule has 0 saturated heterocycles. The molecular formula is C38H27N5O. The first-order chi connectivity index (χ1) is 21.7. The lowest BCUT2D eigenvalue weighted by Gasteiger charge is -2.23. The minimum Gasteiger partial charge on any atom is -0.459 e. The van der Waals surface area contributed by atoms with Gasteiger partial charge in [0.05, 0.1) is 29.0 Å². The highest BCUT2D eigenvalue weighted by molar-refractivity contribution is 6.09. The Labute approximate surface area is 255 Å². The van der Waals surface area contributed by atoms with Gasteiger partial charge in [-0.1, -0.05) is 48.5 Å². The SMILES string of the molecule is [C-]#[N+]c1cc(Oc2ccc3c4ccccc4n(-c4cc(C)ccn4)c3c2)cc(N2CN(c3ccccc3)c3ccccc32)c1. The van der Waals surface area contributed by atoms with Crippen molar-refractivity contribution in [1.29, 1.82) is 0 Å². The Morgan fingerprint density at radius 1 is 0.659 bits per heavy atom. The van der Waals surface area contributed by atoms with Crippen LogP contribution in [0.4, 0.5) is 28.4 Å². The van der Waals surface area contributed by atoms with Crippen molar-refractivity contribution in [2.75, 3.05) is 16.5 Å². The number of para-hydroxylation sites is 4. The largest absolute Gasteiger partial charge is 0.459 e. The number of ether oxygens (including phenoxy) is 1. The topological polar surface area (TPSA) is 37.9 Å². The van der Waals surface area contributed by atoms with Crippen LogP contribution in [0.5, 0.6) is 11.5 Å². The smallest absolute Gasteiger partial charge is 0.192 e. The predicted molar refractivity (Wildman–Crippen MR) is 178 cm³/mol. The van der Waals surface area contributed by atoms with Gasteiger partial charge in [-0.05, 0) is 79.2 Å². The van der Waals surface area contributed by atoms with Crippen molar-refractivity contribution in [2.24, 2.45) is 0 Å². The van der Waals surface area contributed by atoms with Gasteiger partial charge in [0.15, 0.2) is 5.69 Å². The molecule has 8 rings (SSSR count). The zero-order valence-electron chi connectivity index (χ0n) is 24.1. The molecule has 0 atom stereocenters. The van der Waals surface area contributed by atoms with Crippen LogP contribution in [0, 0.1) is 13.5 Å². The number of anilines is 4. The molecule has 5 aromatic carbocycles. The number of hydrogen-bond acceptors (Lipinski definition) is 4. The number of aryl methyl sites for hydroxylation is 1. The van der Waals surface area contributed by atoms with Gasteiger partial charge >= 0.3 is 0 Å². The fourth-order valence-electron chi connectivity index (χ4n) is 6.15. The van der Waals surface area contributed by atoms with Crippen molar-refractivity contribution in [1.82, 2.24) is 9.55 Å². The molecule has 0 N–H and O–H groups in total. The molecule has 0 bridgehead atoms. The highest BCUT2D eigenvalue weighted by Crippen LogP contribution is 2.46. The summed E-state index contributed by atoms with van der Waals surface area (Å²) < 4.78 is 8.71. The maximum absolute atomic E-state index is 7.85. The van der Waals surface area contributed by atoms with Crippen molar-refractivity contribution in [3.63, 3.8) is 0 Å². The summed E-state index contributed by atoms with van der Waals surface area (Å²) in [6, 6.07) is 43.1. The molecule has 1 aliphatic heterocycles. The van der Waals surface area contributed by atoms with Crippen LogP contribution in [0.1, 0.15) is 5.56 Å². The molecule has 0 radical (unpaired) electrons. The fraction of sp³-hybridized carbons (Fsp3) is 0.0526. The molecule has 3 heterocycles. The monoisotopic (exact) mass is 569 g/mol. The molecule has 0 saturated carbocycles. The molecule has 210 valence electrons. The third-order valence-electron chi connectivity index (χ3n) is 8.14. The fourth-order valence-corrected chi connectivity index (χ4v) is 6.15. The number of nitrogens with zero attached hydrogens (tertiary/aromatic N) is 5. The van der Waals surface area contributed by atoms with Crippen LogP contribution >= 0.6 is 0 Å². The molecule has 0 unspecified atom stereocenters. The van der Waals surface area contributed by atoms with Gasteiger partial charge in [0.1, 0.15) is 24.0 Å². The van der Waals surface area contributed by atoms with Gasteiger partial charge in [-0.15, -0.1) is 0 Å². The predicted octanol–water partition coefficient (Wildman–Crippen LogP) is 10.1. The normalized spacial score (nSPS) is 12.5. The molecule has 44 heavy (non-hydrogen) atoms. The van der Waals surface area contributed by atoms with Crippen molar-refractivity contribution in [2.45, 2.75) is 6.92 Å². The number of rotatable bonds is 5. The molecule has 0 aliphatic carbocycles. The zero-order valence-corrected chi connectivity index (χ0v) is 24.1. The van der Waals surface area contributed by atoms with Gasteiger partial charge < -0.3 is 14.5 Å². The molecule has 1 aliphatic rings. The van der Waals surface area contributed by atoms with E-state index in [4.69, 9.17) is 16.3 Å². The lowest BCUT2D eigenvalue weighted by atomic mass is 10.1. The first-order valence-electron chi connectivity index (χ1n) is 14.5. The Morgan fingerprint density at radius 2 is 1.39 bits per heavy atom. The highest BCUT2D eigenvalue weighted by atomic mass is 16.5. The average Bonchev–Trinajstić information content (AvgIpc) is 3.61. The summed E-state index contributed by atoms with van der Waals surface area (Å²) in [7, 11) is 0. The van der Waals surface area contributed by atoms with Crippen LogP contribution in [0.2, 0.25) is 0 Å². The van der Waals surface area contributed by atoms with Crippen LogP contribution in [-0.2, 0) is 0 Å². The van der Waals surface area contributed by atoms with E-state index in [9.17, 15) is 0 Å². The summed E-state index contributed by atoms with van der Waals surface area (Å²) >= 11 is 0. The van der Waals surface area contributed by atoms with E-state index in [0.717, 1.165) is 55.9 Å². The summed E-state index contributed by atoms with van der Waals surface area (Å²) in [6.07, 6.45) is 1.85. The second-order valence-electron chi connectivity index (χ2n) is 10.9. The van der Waals surface area contributed by atoms with Gasteiger partial charge in [-0.3, -0.25) is 4.57 Å². The van der Waals surface area contributed by atoms with Crippen LogP contribution in [0.25, 0.3) is 32.5 Å². The maximum Gasteiger partial charge on any atom is 0.192 e. The maximum atomic E-state index is 7.85. The van der Waals surface area contributed by atoms with E-state index < -0.39 is 0 Å². The van der Waals surface area contributed by atoms with Crippen molar-refractivity contribution < 1.29 is 4.74 Å². The summed E-state index contributed by atoms with van der Waals surface area (Å²) in [5.41, 5.74) is 7.99. The quantitative estimate of drug-likeness (QED) is 0.193. The van der Waals surface area contributed by atoms with Gasteiger partial charge in [-0.2, -0.15) is 0 Å². The first kappa shape index (κ1) is 25.6. The molecule has 0 spiro atoms. The van der Waals surface area contributed by atoms with E-state index in [-0.39, 0.29) is 0 Å². The summed E-state index contributed by atoms with van der Waals surface area (Å²) in [6.45, 7) is 10.5. The van der Waals surface area contributed by atoms with E-state index in [1.165, 1.54) is 0 Å². The van der Waals surface area contributed by atoms with Crippen molar-refractivity contribution in [3.8, 4) is 17.3 Å². The summed E-state index contributed by atoms with van der Waals surface area (Å²) in [5.74, 6) is 2.16. The van der Waals surface area contributed by atoms with E-state index in [1.54, 1.807) is 6.07 Å². The summed E-state index contributed by atoms with van der Waals surface area (Å²) in [4.78, 5) is 13.0. The molecule has 7 aromatic rings. The molecule has 0 amide bonds. The third-order valence-corrected chi connectivity index (χ3v) is 8.14. The Kier molecular flexibility index (Phi) is 6.02. The van der Waals surface area contributed by atoms with Crippen LogP contribution in [0.3, 0.4) is 0 Å². The Balaban J connectivity index is 1.20. The summed E-state index contributed by atoms with van der Waals surface area (Å²) in [5, 5.41) is 2.28. The van der Waals surface area contributed by atoms with Gasteiger partial charge in [0, 0.05) is 40.5 Å².